The maximum Gasteiger partial charge on any atom is 0.269 e. The Labute approximate surface area is 106 Å². The number of allylic oxidation sites excluding steroid dienone is 2. The fourth-order valence-electron chi connectivity index (χ4n) is 1.42. The third-order valence-corrected chi connectivity index (χ3v) is 4.05. The van der Waals surface area contributed by atoms with E-state index in [9.17, 15) is 10.1 Å². The van der Waals surface area contributed by atoms with Crippen molar-refractivity contribution in [1.29, 1.82) is 0 Å². The predicted octanol–water partition coefficient (Wildman–Crippen LogP) is 4.64. The Kier molecular flexibility index (Phi) is 5.22. The smallest absolute Gasteiger partial charge is 0.258 e. The van der Waals surface area contributed by atoms with Crippen LogP contribution in [0.2, 0.25) is 0 Å². The second-order valence-corrected chi connectivity index (χ2v) is 5.00. The number of thioether (sulfide) groups is 1. The molecule has 0 fully saturated rings. The highest BCUT2D eigenvalue weighted by Gasteiger charge is 2.09. The minimum absolute atomic E-state index is 0.139. The average Bonchev–Trinajstić information content (AvgIpc) is 2.35. The summed E-state index contributed by atoms with van der Waals surface area (Å²) >= 11 is 1.68. The van der Waals surface area contributed by atoms with E-state index in [-0.39, 0.29) is 10.6 Å². The van der Waals surface area contributed by atoms with E-state index < -0.39 is 0 Å². The second-order valence-electron chi connectivity index (χ2n) is 3.85. The van der Waals surface area contributed by atoms with E-state index in [0.717, 1.165) is 11.3 Å². The molecule has 0 aliphatic heterocycles. The number of benzene rings is 1. The number of hydrogen-bond acceptors (Lipinski definition) is 3. The Morgan fingerprint density at radius 2 is 2.06 bits per heavy atom. The summed E-state index contributed by atoms with van der Waals surface area (Å²) in [6.07, 6.45) is 3.21. The topological polar surface area (TPSA) is 43.1 Å². The molecule has 1 rings (SSSR count). The van der Waals surface area contributed by atoms with Gasteiger partial charge in [-0.25, -0.2) is 0 Å². The van der Waals surface area contributed by atoms with Gasteiger partial charge in [0.15, 0.2) is 0 Å². The summed E-state index contributed by atoms with van der Waals surface area (Å²) in [5.74, 6) is 0.528. The predicted molar refractivity (Wildman–Crippen MR) is 72.2 cm³/mol. The molecule has 0 radical (unpaired) electrons. The van der Waals surface area contributed by atoms with Crippen molar-refractivity contribution in [2.24, 2.45) is 5.92 Å². The molecule has 0 aliphatic rings. The quantitative estimate of drug-likeness (QED) is 0.435. The molecule has 1 atom stereocenters. The van der Waals surface area contributed by atoms with Crippen LogP contribution in [-0.2, 0) is 0 Å². The fraction of sp³-hybridized carbons (Fsp3) is 0.385. The molecule has 17 heavy (non-hydrogen) atoms. The average molecular weight is 251 g/mol. The van der Waals surface area contributed by atoms with Crippen LogP contribution in [0.25, 0.3) is 0 Å². The molecule has 0 saturated heterocycles. The van der Waals surface area contributed by atoms with Crippen LogP contribution in [0.1, 0.15) is 27.2 Å². The number of rotatable bonds is 5. The van der Waals surface area contributed by atoms with Crippen molar-refractivity contribution in [2.45, 2.75) is 32.1 Å². The minimum atomic E-state index is -0.375. The van der Waals surface area contributed by atoms with Crippen molar-refractivity contribution in [3.8, 4) is 0 Å². The van der Waals surface area contributed by atoms with Crippen molar-refractivity contribution in [1.82, 2.24) is 0 Å². The van der Waals surface area contributed by atoms with Gasteiger partial charge in [0.05, 0.1) is 4.92 Å². The van der Waals surface area contributed by atoms with Crippen molar-refractivity contribution < 1.29 is 4.92 Å². The van der Waals surface area contributed by atoms with Crippen LogP contribution in [-0.4, -0.2) is 4.92 Å². The lowest BCUT2D eigenvalue weighted by Gasteiger charge is -2.12. The summed E-state index contributed by atoms with van der Waals surface area (Å²) in [5, 5.41) is 10.5. The van der Waals surface area contributed by atoms with Crippen LogP contribution < -0.4 is 0 Å². The maximum atomic E-state index is 10.5. The fourth-order valence-corrected chi connectivity index (χ4v) is 2.45. The molecule has 0 amide bonds. The van der Waals surface area contributed by atoms with Gasteiger partial charge in [-0.05, 0) is 36.3 Å². The highest BCUT2D eigenvalue weighted by molar-refractivity contribution is 8.03. The van der Waals surface area contributed by atoms with Gasteiger partial charge < -0.3 is 0 Å². The van der Waals surface area contributed by atoms with Gasteiger partial charge in [-0.15, -0.1) is 0 Å². The van der Waals surface area contributed by atoms with Gasteiger partial charge in [0.25, 0.3) is 5.69 Å². The zero-order chi connectivity index (χ0) is 12.8. The van der Waals surface area contributed by atoms with Crippen molar-refractivity contribution in [3.63, 3.8) is 0 Å². The number of nitro benzene ring substituents is 1. The second kappa shape index (κ2) is 6.45. The molecule has 3 nitrogen and oxygen atoms in total. The highest BCUT2D eigenvalue weighted by Crippen LogP contribution is 2.33. The standard InChI is InChI=1S/C13H17NO2S/c1-4-10(3)13(5-2)17-12-8-6-11(7-9-12)14(15)16/h5-10H,4H2,1-3H3/b13-5+/t10-/m1/s1. The molecule has 92 valence electrons. The Morgan fingerprint density at radius 1 is 1.47 bits per heavy atom. The monoisotopic (exact) mass is 251 g/mol. The third-order valence-electron chi connectivity index (χ3n) is 2.67. The lowest BCUT2D eigenvalue weighted by molar-refractivity contribution is -0.384. The van der Waals surface area contributed by atoms with Crippen LogP contribution in [0.15, 0.2) is 40.1 Å². The largest absolute Gasteiger partial charge is 0.269 e. The van der Waals surface area contributed by atoms with Crippen LogP contribution in [0.4, 0.5) is 5.69 Å². The SMILES string of the molecule is C/C=C(/Sc1ccc([N+](=O)[O-])cc1)[C@H](C)CC. The molecular formula is C13H17NO2S. The third kappa shape index (κ3) is 3.89. The van der Waals surface area contributed by atoms with E-state index in [2.05, 4.69) is 19.9 Å². The van der Waals surface area contributed by atoms with Crippen molar-refractivity contribution in [3.05, 3.63) is 45.4 Å². The summed E-state index contributed by atoms with van der Waals surface area (Å²) in [7, 11) is 0. The van der Waals surface area contributed by atoms with Gasteiger partial charge in [-0.1, -0.05) is 31.7 Å². The summed E-state index contributed by atoms with van der Waals surface area (Å²) in [4.78, 5) is 12.5. The van der Waals surface area contributed by atoms with E-state index >= 15 is 0 Å². The number of non-ortho nitro benzene ring substituents is 1. The normalized spacial score (nSPS) is 13.5. The molecule has 0 heterocycles. The van der Waals surface area contributed by atoms with Gasteiger partial charge in [-0.2, -0.15) is 0 Å². The first-order valence-corrected chi connectivity index (χ1v) is 6.48. The molecule has 0 spiro atoms. The molecule has 1 aromatic carbocycles. The Balaban J connectivity index is 2.78. The minimum Gasteiger partial charge on any atom is -0.258 e. The lowest BCUT2D eigenvalue weighted by atomic mass is 10.1. The molecular weight excluding hydrogens is 234 g/mol. The van der Waals surface area contributed by atoms with E-state index in [0.29, 0.717) is 5.92 Å². The van der Waals surface area contributed by atoms with E-state index in [1.54, 1.807) is 36.0 Å². The molecule has 1 aromatic rings. The highest BCUT2D eigenvalue weighted by atomic mass is 32.2. The zero-order valence-corrected chi connectivity index (χ0v) is 11.2. The molecule has 0 N–H and O–H groups in total. The first kappa shape index (κ1) is 13.8. The molecule has 0 unspecified atom stereocenters. The lowest BCUT2D eigenvalue weighted by Crippen LogP contribution is -1.93. The van der Waals surface area contributed by atoms with Gasteiger partial charge in [0, 0.05) is 17.0 Å². The molecule has 0 saturated carbocycles. The van der Waals surface area contributed by atoms with Crippen LogP contribution in [0, 0.1) is 16.0 Å². The first-order chi connectivity index (χ1) is 8.08. The van der Waals surface area contributed by atoms with E-state index in [4.69, 9.17) is 0 Å². The molecule has 0 bridgehead atoms. The summed E-state index contributed by atoms with van der Waals surface area (Å²) in [5.41, 5.74) is 0.139. The molecule has 0 aromatic heterocycles. The van der Waals surface area contributed by atoms with Gasteiger partial charge >= 0.3 is 0 Å². The van der Waals surface area contributed by atoms with Crippen molar-refractivity contribution in [2.75, 3.05) is 0 Å². The van der Waals surface area contributed by atoms with Gasteiger partial charge in [-0.3, -0.25) is 10.1 Å². The number of nitro groups is 1. The van der Waals surface area contributed by atoms with Crippen LogP contribution >= 0.6 is 11.8 Å². The zero-order valence-electron chi connectivity index (χ0n) is 10.3. The van der Waals surface area contributed by atoms with Gasteiger partial charge in [0.1, 0.15) is 0 Å². The van der Waals surface area contributed by atoms with E-state index in [1.807, 2.05) is 6.92 Å². The first-order valence-electron chi connectivity index (χ1n) is 5.67. The summed E-state index contributed by atoms with van der Waals surface area (Å²) in [6.45, 7) is 6.37. The summed E-state index contributed by atoms with van der Waals surface area (Å²) in [6, 6.07) is 6.70. The molecule has 0 aliphatic carbocycles. The Morgan fingerprint density at radius 3 is 2.47 bits per heavy atom. The Bertz CT molecular complexity index is 412. The van der Waals surface area contributed by atoms with Crippen LogP contribution in [0.5, 0.6) is 0 Å². The van der Waals surface area contributed by atoms with E-state index in [1.165, 1.54) is 4.91 Å². The number of hydrogen-bond donors (Lipinski definition) is 0. The maximum absolute atomic E-state index is 10.5. The van der Waals surface area contributed by atoms with Crippen LogP contribution in [0.3, 0.4) is 0 Å². The number of nitrogens with zero attached hydrogens (tertiary/aromatic N) is 1. The van der Waals surface area contributed by atoms with Gasteiger partial charge in [0.2, 0.25) is 0 Å². The summed E-state index contributed by atoms with van der Waals surface area (Å²) < 4.78 is 0. The Hall–Kier alpha value is -1.29. The van der Waals surface area contributed by atoms with Crippen molar-refractivity contribution >= 4 is 17.4 Å². The molecule has 4 heteroatoms.